The van der Waals surface area contributed by atoms with Crippen LogP contribution in [-0.2, 0) is 9.59 Å². The fraction of sp³-hybridized carbons (Fsp3) is 0.818. The van der Waals surface area contributed by atoms with Gasteiger partial charge in [0.25, 0.3) is 0 Å². The lowest BCUT2D eigenvalue weighted by molar-refractivity contribution is -0.144. The Morgan fingerprint density at radius 1 is 1.35 bits per heavy atom. The molecule has 0 radical (unpaired) electrons. The quantitative estimate of drug-likeness (QED) is 0.640. The predicted octanol–water partition coefficient (Wildman–Crippen LogP) is -0.787. The highest BCUT2D eigenvalue weighted by Gasteiger charge is 2.44. The Morgan fingerprint density at radius 2 is 1.94 bits per heavy atom. The van der Waals surface area contributed by atoms with Gasteiger partial charge in [0.15, 0.2) is 0 Å². The minimum Gasteiger partial charge on any atom is -0.481 e. The molecule has 0 spiro atoms. The molecule has 0 unspecified atom stereocenters. The minimum absolute atomic E-state index is 0.00325. The zero-order valence-corrected chi connectivity index (χ0v) is 10.7. The normalized spacial score (nSPS) is 17.6. The third-order valence-electron chi connectivity index (χ3n) is 3.27. The summed E-state index contributed by atoms with van der Waals surface area (Å²) in [4.78, 5) is 26.1. The van der Waals surface area contributed by atoms with E-state index in [4.69, 9.17) is 5.11 Å². The molecule has 0 aromatic rings. The standard InChI is InChI=1S/C11H21N3O3/c1-4-14(6-9(15)13(2)3)11(5-10(16)17)7-12-8-11/h12H,4-8H2,1-3H3,(H,16,17). The zero-order chi connectivity index (χ0) is 13.1. The first kappa shape index (κ1) is 13.9. The van der Waals surface area contributed by atoms with E-state index >= 15 is 0 Å². The Hall–Kier alpha value is -1.14. The molecule has 6 nitrogen and oxygen atoms in total. The number of nitrogens with zero attached hydrogens (tertiary/aromatic N) is 2. The third-order valence-corrected chi connectivity index (χ3v) is 3.27. The maximum absolute atomic E-state index is 11.7. The van der Waals surface area contributed by atoms with Crippen LogP contribution in [0.3, 0.4) is 0 Å². The summed E-state index contributed by atoms with van der Waals surface area (Å²) in [7, 11) is 3.41. The number of amides is 1. The summed E-state index contributed by atoms with van der Waals surface area (Å²) in [5, 5.41) is 12.0. The first-order valence-corrected chi connectivity index (χ1v) is 5.79. The van der Waals surface area contributed by atoms with Gasteiger partial charge in [0.05, 0.1) is 18.5 Å². The summed E-state index contributed by atoms with van der Waals surface area (Å²) in [6.45, 7) is 4.17. The number of hydrogen-bond acceptors (Lipinski definition) is 4. The van der Waals surface area contributed by atoms with Crippen molar-refractivity contribution in [3.63, 3.8) is 0 Å². The molecular weight excluding hydrogens is 222 g/mol. The molecule has 0 aromatic heterocycles. The summed E-state index contributed by atoms with van der Waals surface area (Å²) in [5.74, 6) is -0.814. The summed E-state index contributed by atoms with van der Waals surface area (Å²) in [6, 6.07) is 0. The van der Waals surface area contributed by atoms with Gasteiger partial charge in [-0.1, -0.05) is 6.92 Å². The van der Waals surface area contributed by atoms with Gasteiger partial charge in [-0.25, -0.2) is 0 Å². The van der Waals surface area contributed by atoms with E-state index in [0.29, 0.717) is 19.6 Å². The summed E-state index contributed by atoms with van der Waals surface area (Å²) in [5.41, 5.74) is -0.397. The predicted molar refractivity (Wildman–Crippen MR) is 63.8 cm³/mol. The SMILES string of the molecule is CCN(CC(=O)N(C)C)C1(CC(=O)O)CNC1. The van der Waals surface area contributed by atoms with Gasteiger partial charge >= 0.3 is 5.97 Å². The average Bonchev–Trinajstić information content (AvgIpc) is 2.19. The Morgan fingerprint density at radius 3 is 2.24 bits per heavy atom. The molecule has 0 aromatic carbocycles. The highest BCUT2D eigenvalue weighted by molar-refractivity contribution is 5.78. The number of carbonyl (C=O) groups excluding carboxylic acids is 1. The molecule has 98 valence electrons. The van der Waals surface area contributed by atoms with E-state index in [1.165, 1.54) is 4.90 Å². The molecule has 1 saturated heterocycles. The Balaban J connectivity index is 2.70. The fourth-order valence-corrected chi connectivity index (χ4v) is 2.08. The third kappa shape index (κ3) is 3.17. The van der Waals surface area contributed by atoms with Gasteiger partial charge in [-0.05, 0) is 6.54 Å². The highest BCUT2D eigenvalue weighted by Crippen LogP contribution is 2.24. The topological polar surface area (TPSA) is 72.9 Å². The van der Waals surface area contributed by atoms with Gasteiger partial charge < -0.3 is 15.3 Å². The molecule has 1 aliphatic heterocycles. The molecule has 1 aliphatic rings. The molecular formula is C11H21N3O3. The van der Waals surface area contributed by atoms with Crippen LogP contribution in [0.1, 0.15) is 13.3 Å². The zero-order valence-electron chi connectivity index (χ0n) is 10.7. The molecule has 0 atom stereocenters. The molecule has 1 heterocycles. The van der Waals surface area contributed by atoms with Crippen LogP contribution in [0.5, 0.6) is 0 Å². The highest BCUT2D eigenvalue weighted by atomic mass is 16.4. The molecule has 0 saturated carbocycles. The lowest BCUT2D eigenvalue weighted by Gasteiger charge is -2.49. The molecule has 1 rings (SSSR count). The minimum atomic E-state index is -0.817. The van der Waals surface area contributed by atoms with Gasteiger partial charge in [0, 0.05) is 27.2 Å². The fourth-order valence-electron chi connectivity index (χ4n) is 2.08. The molecule has 1 amide bonds. The Bertz CT molecular complexity index is 300. The molecule has 6 heteroatoms. The van der Waals surface area contributed by atoms with Crippen LogP contribution in [0.25, 0.3) is 0 Å². The average molecular weight is 243 g/mol. The number of aliphatic carboxylic acids is 1. The molecule has 2 N–H and O–H groups in total. The van der Waals surface area contributed by atoms with E-state index in [1.54, 1.807) is 14.1 Å². The van der Waals surface area contributed by atoms with E-state index < -0.39 is 11.5 Å². The van der Waals surface area contributed by atoms with Crippen molar-refractivity contribution in [2.24, 2.45) is 0 Å². The van der Waals surface area contributed by atoms with Gasteiger partial charge in [-0.15, -0.1) is 0 Å². The van der Waals surface area contributed by atoms with Crippen LogP contribution in [0, 0.1) is 0 Å². The largest absolute Gasteiger partial charge is 0.481 e. The number of rotatable bonds is 6. The van der Waals surface area contributed by atoms with E-state index in [-0.39, 0.29) is 18.9 Å². The van der Waals surface area contributed by atoms with E-state index in [0.717, 1.165) is 0 Å². The van der Waals surface area contributed by atoms with Crippen molar-refractivity contribution >= 4 is 11.9 Å². The number of carboxylic acids is 1. The van der Waals surface area contributed by atoms with Crippen LogP contribution in [-0.4, -0.2) is 72.6 Å². The number of hydrogen-bond donors (Lipinski definition) is 2. The lowest BCUT2D eigenvalue weighted by Crippen LogP contribution is -2.70. The van der Waals surface area contributed by atoms with E-state index in [1.807, 2.05) is 11.8 Å². The number of nitrogens with one attached hydrogen (secondary N) is 1. The second-order valence-corrected chi connectivity index (χ2v) is 4.70. The van der Waals surface area contributed by atoms with Crippen molar-refractivity contribution in [3.8, 4) is 0 Å². The first-order valence-electron chi connectivity index (χ1n) is 5.79. The van der Waals surface area contributed by atoms with Gasteiger partial charge in [0.2, 0.25) is 5.91 Å². The Labute approximate surface area is 102 Å². The van der Waals surface area contributed by atoms with Crippen LogP contribution in [0.4, 0.5) is 0 Å². The van der Waals surface area contributed by atoms with Gasteiger partial charge in [0.1, 0.15) is 0 Å². The van der Waals surface area contributed by atoms with Gasteiger partial charge in [-0.2, -0.15) is 0 Å². The second kappa shape index (κ2) is 5.46. The van der Waals surface area contributed by atoms with Crippen molar-refractivity contribution in [3.05, 3.63) is 0 Å². The monoisotopic (exact) mass is 243 g/mol. The van der Waals surface area contributed by atoms with Crippen LogP contribution < -0.4 is 5.32 Å². The van der Waals surface area contributed by atoms with Crippen molar-refractivity contribution in [1.29, 1.82) is 0 Å². The summed E-state index contributed by atoms with van der Waals surface area (Å²) >= 11 is 0. The maximum Gasteiger partial charge on any atom is 0.305 e. The first-order chi connectivity index (χ1) is 7.91. The van der Waals surface area contributed by atoms with Crippen LogP contribution in [0.2, 0.25) is 0 Å². The molecule has 0 bridgehead atoms. The van der Waals surface area contributed by atoms with Crippen molar-refractivity contribution in [2.75, 3.05) is 40.3 Å². The van der Waals surface area contributed by atoms with Crippen molar-refractivity contribution in [2.45, 2.75) is 18.9 Å². The number of carbonyl (C=O) groups is 2. The lowest BCUT2D eigenvalue weighted by atomic mass is 9.86. The number of likely N-dealkylation sites (N-methyl/N-ethyl adjacent to an activating group) is 2. The van der Waals surface area contributed by atoms with E-state index in [9.17, 15) is 9.59 Å². The Kier molecular flexibility index (Phi) is 4.47. The van der Waals surface area contributed by atoms with Crippen LogP contribution >= 0.6 is 0 Å². The molecule has 17 heavy (non-hydrogen) atoms. The molecule has 1 fully saturated rings. The van der Waals surface area contributed by atoms with Gasteiger partial charge in [-0.3, -0.25) is 14.5 Å². The van der Waals surface area contributed by atoms with Crippen molar-refractivity contribution < 1.29 is 14.7 Å². The summed E-state index contributed by atoms with van der Waals surface area (Å²) in [6.07, 6.45) is 0.0779. The van der Waals surface area contributed by atoms with E-state index in [2.05, 4.69) is 5.32 Å². The maximum atomic E-state index is 11.7. The summed E-state index contributed by atoms with van der Waals surface area (Å²) < 4.78 is 0. The van der Waals surface area contributed by atoms with Crippen LogP contribution in [0.15, 0.2) is 0 Å². The van der Waals surface area contributed by atoms with Crippen molar-refractivity contribution in [1.82, 2.24) is 15.1 Å². The number of carboxylic acid groups (broad SMARTS) is 1. The smallest absolute Gasteiger partial charge is 0.305 e. The second-order valence-electron chi connectivity index (χ2n) is 4.70. The molecule has 0 aliphatic carbocycles.